The monoisotopic (exact) mass is 563 g/mol. The summed E-state index contributed by atoms with van der Waals surface area (Å²) in [4.78, 5) is 23.7. The Labute approximate surface area is 227 Å². The second kappa shape index (κ2) is 12.2. The summed E-state index contributed by atoms with van der Waals surface area (Å²) in [5.41, 5.74) is 1.85. The first kappa shape index (κ1) is 28.5. The predicted molar refractivity (Wildman–Crippen MR) is 137 cm³/mol. The van der Waals surface area contributed by atoms with E-state index >= 15 is 0 Å². The summed E-state index contributed by atoms with van der Waals surface area (Å²) in [6.07, 6.45) is -5.33. The van der Waals surface area contributed by atoms with Gasteiger partial charge in [0.2, 0.25) is 5.88 Å². The molecule has 0 radical (unpaired) electrons. The highest BCUT2D eigenvalue weighted by Gasteiger charge is 2.34. The van der Waals surface area contributed by atoms with E-state index in [-0.39, 0.29) is 42.6 Å². The molecule has 0 bridgehead atoms. The number of carbonyl (C=O) groups excluding carboxylic acids is 1. The second-order valence-electron chi connectivity index (χ2n) is 9.11. The van der Waals surface area contributed by atoms with Crippen LogP contribution in [0.25, 0.3) is 5.69 Å². The van der Waals surface area contributed by atoms with Crippen molar-refractivity contribution < 1.29 is 42.1 Å². The maximum absolute atomic E-state index is 12.9. The van der Waals surface area contributed by atoms with Crippen LogP contribution in [0.2, 0.25) is 0 Å². The van der Waals surface area contributed by atoms with Gasteiger partial charge in [0.1, 0.15) is 17.7 Å². The molecule has 4 rings (SSSR count). The van der Waals surface area contributed by atoms with Crippen LogP contribution in [-0.2, 0) is 17.9 Å². The van der Waals surface area contributed by atoms with Crippen LogP contribution in [0.1, 0.15) is 29.5 Å². The number of carboxylic acid groups (broad SMARTS) is 1. The second-order valence-corrected chi connectivity index (χ2v) is 9.11. The van der Waals surface area contributed by atoms with Crippen molar-refractivity contribution in [3.05, 3.63) is 65.2 Å². The van der Waals surface area contributed by atoms with Crippen LogP contribution in [0.3, 0.4) is 0 Å². The molecule has 0 spiro atoms. The summed E-state index contributed by atoms with van der Waals surface area (Å²) in [7, 11) is 1.46. The molecule has 1 aromatic heterocycles. The Morgan fingerprint density at radius 3 is 2.52 bits per heavy atom. The molecule has 1 saturated carbocycles. The number of para-hydroxylation sites is 1. The van der Waals surface area contributed by atoms with Gasteiger partial charge in [-0.3, -0.25) is 5.32 Å². The van der Waals surface area contributed by atoms with Gasteiger partial charge in [-0.05, 0) is 36.8 Å². The molecule has 214 valence electrons. The molecule has 0 unspecified atom stereocenters. The number of ether oxygens (including phenoxy) is 3. The molecule has 1 aliphatic rings. The van der Waals surface area contributed by atoms with Gasteiger partial charge in [0, 0.05) is 38.1 Å². The van der Waals surface area contributed by atoms with Crippen molar-refractivity contribution in [3.8, 4) is 17.3 Å². The topological polar surface area (TPSA) is 136 Å². The van der Waals surface area contributed by atoms with Crippen molar-refractivity contribution in [2.24, 2.45) is 0 Å². The zero-order valence-electron chi connectivity index (χ0n) is 21.6. The number of hydrogen-bond donors (Lipinski definition) is 4. The molecule has 11 nitrogen and oxygen atoms in total. The number of halogens is 3. The first-order valence-electron chi connectivity index (χ1n) is 12.2. The minimum absolute atomic E-state index is 0.105. The summed E-state index contributed by atoms with van der Waals surface area (Å²) in [6, 6.07) is 12.1. The van der Waals surface area contributed by atoms with Crippen molar-refractivity contribution in [2.75, 3.05) is 12.4 Å². The molecule has 4 N–H and O–H groups in total. The predicted octanol–water partition coefficient (Wildman–Crippen LogP) is 4.72. The van der Waals surface area contributed by atoms with Gasteiger partial charge in [0.15, 0.2) is 0 Å². The Bertz CT molecular complexity index is 1340. The Hall–Kier alpha value is -4.46. The zero-order chi connectivity index (χ0) is 28.9. The van der Waals surface area contributed by atoms with Crippen LogP contribution in [0, 0.1) is 6.92 Å². The van der Waals surface area contributed by atoms with E-state index in [0.29, 0.717) is 29.7 Å². The smallest absolute Gasteiger partial charge is 0.473 e. The lowest BCUT2D eigenvalue weighted by Crippen LogP contribution is -2.48. The Morgan fingerprint density at radius 1 is 1.15 bits per heavy atom. The Kier molecular flexibility index (Phi) is 8.67. The van der Waals surface area contributed by atoms with Gasteiger partial charge in [-0.15, -0.1) is 18.3 Å². The van der Waals surface area contributed by atoms with Gasteiger partial charge in [-0.25, -0.2) is 14.3 Å². The van der Waals surface area contributed by atoms with Crippen molar-refractivity contribution >= 4 is 17.9 Å². The molecule has 1 fully saturated rings. The van der Waals surface area contributed by atoms with Crippen LogP contribution in [0.15, 0.2) is 48.5 Å². The van der Waals surface area contributed by atoms with Crippen LogP contribution in [-0.4, -0.2) is 52.6 Å². The first-order valence-corrected chi connectivity index (χ1v) is 12.2. The quantitative estimate of drug-likeness (QED) is 0.280. The van der Waals surface area contributed by atoms with Crippen molar-refractivity contribution in [1.29, 1.82) is 0 Å². The molecule has 0 atom stereocenters. The molecule has 3 aromatic rings. The molecule has 3 amide bonds. The highest BCUT2D eigenvalue weighted by atomic mass is 19.4. The van der Waals surface area contributed by atoms with E-state index in [4.69, 9.17) is 14.6 Å². The molecule has 1 aliphatic carbocycles. The number of urea groups is 1. The summed E-state index contributed by atoms with van der Waals surface area (Å²) in [5.74, 6) is 0.106. The largest absolute Gasteiger partial charge is 0.573 e. The number of anilines is 1. The average molecular weight is 564 g/mol. The van der Waals surface area contributed by atoms with E-state index in [2.05, 4.69) is 25.8 Å². The third-order valence-corrected chi connectivity index (χ3v) is 6.11. The van der Waals surface area contributed by atoms with Crippen molar-refractivity contribution in [2.45, 2.75) is 51.4 Å². The number of nitrogens with zero attached hydrogens (tertiary/aromatic N) is 2. The highest BCUT2D eigenvalue weighted by molar-refractivity contribution is 5.89. The number of rotatable bonds is 10. The van der Waals surface area contributed by atoms with E-state index in [1.165, 1.54) is 30.0 Å². The van der Waals surface area contributed by atoms with E-state index in [0.717, 1.165) is 0 Å². The average Bonchev–Trinajstić information content (AvgIpc) is 3.17. The van der Waals surface area contributed by atoms with Gasteiger partial charge < -0.3 is 30.0 Å². The number of amides is 3. The van der Waals surface area contributed by atoms with Gasteiger partial charge in [-0.2, -0.15) is 0 Å². The highest BCUT2D eigenvalue weighted by Crippen LogP contribution is 2.33. The standard InChI is InChI=1S/C26H28F3N5O6/c1-15-22(32-24(35)30-13-17-10-16(14-38-2)8-9-21(17)40-26(27,28)29)34(19-6-4-3-5-7-19)33-23(15)39-20-11-18(12-20)31-25(36)37/h3-10,18,20,31H,11-14H2,1-2H3,(H,36,37)(H2,30,32,35). The molecular formula is C26H28F3N5O6. The van der Waals surface area contributed by atoms with Gasteiger partial charge in [0.25, 0.3) is 0 Å². The number of methoxy groups -OCH3 is 1. The van der Waals surface area contributed by atoms with Crippen molar-refractivity contribution in [3.63, 3.8) is 0 Å². The molecule has 2 aromatic carbocycles. The fourth-order valence-electron chi connectivity index (χ4n) is 4.18. The zero-order valence-corrected chi connectivity index (χ0v) is 21.6. The van der Waals surface area contributed by atoms with Gasteiger partial charge in [-0.1, -0.05) is 24.3 Å². The number of carbonyl (C=O) groups is 2. The minimum Gasteiger partial charge on any atom is -0.473 e. The lowest BCUT2D eigenvalue weighted by molar-refractivity contribution is -0.274. The number of nitrogens with one attached hydrogen (secondary N) is 3. The van der Waals surface area contributed by atoms with Crippen LogP contribution in [0.5, 0.6) is 11.6 Å². The third-order valence-electron chi connectivity index (χ3n) is 6.11. The lowest BCUT2D eigenvalue weighted by atomic mass is 9.89. The van der Waals surface area contributed by atoms with Gasteiger partial charge in [0.05, 0.1) is 17.9 Å². The normalized spacial score (nSPS) is 16.5. The minimum atomic E-state index is -4.90. The van der Waals surface area contributed by atoms with Gasteiger partial charge >= 0.3 is 18.5 Å². The van der Waals surface area contributed by atoms with Crippen molar-refractivity contribution in [1.82, 2.24) is 20.4 Å². The molecule has 1 heterocycles. The SMILES string of the molecule is COCc1ccc(OC(F)(F)F)c(CNC(=O)Nc2c(C)c(OC3CC(NC(=O)O)C3)nn2-c2ccccc2)c1. The molecule has 0 saturated heterocycles. The van der Waals surface area contributed by atoms with Crippen LogP contribution in [0.4, 0.5) is 28.6 Å². The molecule has 14 heteroatoms. The maximum Gasteiger partial charge on any atom is 0.573 e. The Morgan fingerprint density at radius 2 is 1.88 bits per heavy atom. The fourth-order valence-corrected chi connectivity index (χ4v) is 4.18. The van der Waals surface area contributed by atoms with E-state index < -0.39 is 24.2 Å². The van der Waals surface area contributed by atoms with Crippen LogP contribution >= 0.6 is 0 Å². The maximum atomic E-state index is 12.9. The molecule has 40 heavy (non-hydrogen) atoms. The van der Waals surface area contributed by atoms with E-state index in [1.807, 2.05) is 6.07 Å². The summed E-state index contributed by atoms with van der Waals surface area (Å²) < 4.78 is 55.3. The lowest BCUT2D eigenvalue weighted by Gasteiger charge is -2.34. The summed E-state index contributed by atoms with van der Waals surface area (Å²) in [6.45, 7) is 1.60. The number of aromatic nitrogens is 2. The van der Waals surface area contributed by atoms with E-state index in [1.54, 1.807) is 31.2 Å². The summed E-state index contributed by atoms with van der Waals surface area (Å²) >= 11 is 0. The number of benzene rings is 2. The Balaban J connectivity index is 1.50. The van der Waals surface area contributed by atoms with E-state index in [9.17, 15) is 22.8 Å². The number of alkyl halides is 3. The molecule has 0 aliphatic heterocycles. The first-order chi connectivity index (χ1) is 19.0. The summed E-state index contributed by atoms with van der Waals surface area (Å²) in [5, 5.41) is 21.0. The molecular weight excluding hydrogens is 535 g/mol. The van der Waals surface area contributed by atoms with Crippen LogP contribution < -0.4 is 25.4 Å². The fraction of sp³-hybridized carbons (Fsp3) is 0.346. The third kappa shape index (κ3) is 7.34. The number of hydrogen-bond acceptors (Lipinski definition) is 6.